The molecule has 4 nitrogen and oxygen atoms in total. The maximum atomic E-state index is 13.4. The van der Waals surface area contributed by atoms with Gasteiger partial charge in [0.15, 0.2) is 0 Å². The molecule has 0 atom stereocenters. The molecule has 23 heavy (non-hydrogen) atoms. The van der Waals surface area contributed by atoms with Crippen LogP contribution < -0.4 is 10.6 Å². The van der Waals surface area contributed by atoms with Crippen LogP contribution in [0, 0.1) is 17.1 Å². The minimum atomic E-state index is -0.246. The van der Waals surface area contributed by atoms with Crippen molar-refractivity contribution in [2.75, 3.05) is 18.4 Å². The smallest absolute Gasteiger partial charge is 0.221 e. The molecule has 0 radical (unpaired) electrons. The van der Waals surface area contributed by atoms with Crippen LogP contribution in [-0.4, -0.2) is 19.0 Å². The Kier molecular flexibility index (Phi) is 6.13. The van der Waals surface area contributed by atoms with Gasteiger partial charge in [-0.3, -0.25) is 4.79 Å². The van der Waals surface area contributed by atoms with E-state index in [1.165, 1.54) is 6.07 Å². The molecule has 2 N–H and O–H groups in total. The number of nitrogens with zero attached hydrogens (tertiary/aromatic N) is 1. The van der Waals surface area contributed by atoms with E-state index in [0.717, 1.165) is 5.69 Å². The summed E-state index contributed by atoms with van der Waals surface area (Å²) < 4.78 is 13.4. The van der Waals surface area contributed by atoms with Crippen LogP contribution in [0.15, 0.2) is 48.5 Å². The van der Waals surface area contributed by atoms with Crippen LogP contribution in [0.25, 0.3) is 0 Å². The largest absolute Gasteiger partial charge is 0.385 e. The third kappa shape index (κ3) is 5.44. The van der Waals surface area contributed by atoms with Crippen LogP contribution in [-0.2, 0) is 11.2 Å². The van der Waals surface area contributed by atoms with Crippen molar-refractivity contribution in [3.8, 4) is 6.07 Å². The number of anilines is 1. The highest BCUT2D eigenvalue weighted by atomic mass is 19.1. The first-order valence-corrected chi connectivity index (χ1v) is 7.43. The number of nitriles is 1. The van der Waals surface area contributed by atoms with Gasteiger partial charge in [0.25, 0.3) is 0 Å². The minimum absolute atomic E-state index is 0.0810. The standard InChI is InChI=1S/C18H18FN3O/c19-17-4-2-1-3-15(17)9-11-22-18(23)10-12-21-16-7-5-14(13-20)6-8-16/h1-8,21H,9-12H2,(H,22,23). The maximum absolute atomic E-state index is 13.4. The zero-order valence-corrected chi connectivity index (χ0v) is 12.7. The van der Waals surface area contributed by atoms with E-state index in [4.69, 9.17) is 5.26 Å². The average molecular weight is 311 g/mol. The zero-order valence-electron chi connectivity index (χ0n) is 12.7. The van der Waals surface area contributed by atoms with Crippen molar-refractivity contribution < 1.29 is 9.18 Å². The molecule has 2 aromatic rings. The zero-order chi connectivity index (χ0) is 16.5. The van der Waals surface area contributed by atoms with Crippen molar-refractivity contribution >= 4 is 11.6 Å². The number of amides is 1. The quantitative estimate of drug-likeness (QED) is 0.826. The molecule has 0 spiro atoms. The molecule has 0 fully saturated rings. The Bertz CT molecular complexity index is 692. The predicted octanol–water partition coefficient (Wildman–Crippen LogP) is 2.86. The maximum Gasteiger partial charge on any atom is 0.221 e. The van der Waals surface area contributed by atoms with E-state index in [-0.39, 0.29) is 11.7 Å². The lowest BCUT2D eigenvalue weighted by Gasteiger charge is -2.08. The second-order valence-corrected chi connectivity index (χ2v) is 5.06. The molecule has 0 aliphatic heterocycles. The summed E-state index contributed by atoms with van der Waals surface area (Å²) >= 11 is 0. The van der Waals surface area contributed by atoms with Crippen molar-refractivity contribution in [1.82, 2.24) is 5.32 Å². The fourth-order valence-electron chi connectivity index (χ4n) is 2.11. The Morgan fingerprint density at radius 1 is 1.09 bits per heavy atom. The van der Waals surface area contributed by atoms with E-state index in [9.17, 15) is 9.18 Å². The Hall–Kier alpha value is -2.87. The molecule has 0 bridgehead atoms. The Morgan fingerprint density at radius 2 is 1.83 bits per heavy atom. The van der Waals surface area contributed by atoms with Gasteiger partial charge in [-0.25, -0.2) is 4.39 Å². The van der Waals surface area contributed by atoms with Gasteiger partial charge in [-0.15, -0.1) is 0 Å². The van der Waals surface area contributed by atoms with Gasteiger partial charge in [-0.1, -0.05) is 18.2 Å². The molecule has 0 aromatic heterocycles. The summed E-state index contributed by atoms with van der Waals surface area (Å²) in [7, 11) is 0. The van der Waals surface area contributed by atoms with Crippen molar-refractivity contribution in [3.63, 3.8) is 0 Å². The number of carbonyl (C=O) groups is 1. The normalized spacial score (nSPS) is 9.91. The van der Waals surface area contributed by atoms with Crippen LogP contribution in [0.1, 0.15) is 17.5 Å². The molecule has 0 saturated heterocycles. The van der Waals surface area contributed by atoms with E-state index in [1.807, 2.05) is 0 Å². The van der Waals surface area contributed by atoms with Gasteiger partial charge < -0.3 is 10.6 Å². The second-order valence-electron chi connectivity index (χ2n) is 5.06. The highest BCUT2D eigenvalue weighted by Crippen LogP contribution is 2.08. The SMILES string of the molecule is N#Cc1ccc(NCCC(=O)NCCc2ccccc2F)cc1. The van der Waals surface area contributed by atoms with E-state index >= 15 is 0 Å². The molecule has 0 saturated carbocycles. The van der Waals surface area contributed by atoms with Crippen LogP contribution in [0.2, 0.25) is 0 Å². The number of benzene rings is 2. The van der Waals surface area contributed by atoms with E-state index < -0.39 is 0 Å². The Morgan fingerprint density at radius 3 is 2.52 bits per heavy atom. The molecule has 0 heterocycles. The number of halogens is 1. The van der Waals surface area contributed by atoms with Crippen molar-refractivity contribution in [2.24, 2.45) is 0 Å². The van der Waals surface area contributed by atoms with Gasteiger partial charge in [0.1, 0.15) is 5.82 Å². The summed E-state index contributed by atoms with van der Waals surface area (Å²) in [6.45, 7) is 0.911. The van der Waals surface area contributed by atoms with Crippen LogP contribution in [0.4, 0.5) is 10.1 Å². The van der Waals surface area contributed by atoms with E-state index in [1.54, 1.807) is 42.5 Å². The predicted molar refractivity (Wildman–Crippen MR) is 87.4 cm³/mol. The van der Waals surface area contributed by atoms with Gasteiger partial charge in [-0.2, -0.15) is 5.26 Å². The monoisotopic (exact) mass is 311 g/mol. The molecule has 1 amide bonds. The van der Waals surface area contributed by atoms with Crippen LogP contribution in [0.5, 0.6) is 0 Å². The Balaban J connectivity index is 1.65. The lowest BCUT2D eigenvalue weighted by Crippen LogP contribution is -2.27. The Labute approximate surface area is 134 Å². The first kappa shape index (κ1) is 16.5. The molecule has 2 rings (SSSR count). The second kappa shape index (κ2) is 8.54. The topological polar surface area (TPSA) is 64.9 Å². The summed E-state index contributed by atoms with van der Waals surface area (Å²) in [5.74, 6) is -0.327. The highest BCUT2D eigenvalue weighted by molar-refractivity contribution is 5.76. The van der Waals surface area contributed by atoms with Gasteiger partial charge in [0.2, 0.25) is 5.91 Å². The minimum Gasteiger partial charge on any atom is -0.385 e. The number of hydrogen-bond donors (Lipinski definition) is 2. The summed E-state index contributed by atoms with van der Waals surface area (Å²) in [5, 5.41) is 14.6. The average Bonchev–Trinajstić information content (AvgIpc) is 2.57. The molecule has 0 aliphatic rings. The summed E-state index contributed by atoms with van der Waals surface area (Å²) in [6, 6.07) is 15.6. The van der Waals surface area contributed by atoms with Crippen molar-refractivity contribution in [3.05, 3.63) is 65.5 Å². The summed E-state index contributed by atoms with van der Waals surface area (Å²) in [4.78, 5) is 11.7. The first-order chi connectivity index (χ1) is 11.2. The molecule has 0 unspecified atom stereocenters. The summed E-state index contributed by atoms with van der Waals surface area (Å²) in [6.07, 6.45) is 0.804. The number of rotatable bonds is 7. The van der Waals surface area contributed by atoms with E-state index in [2.05, 4.69) is 16.7 Å². The molecule has 118 valence electrons. The van der Waals surface area contributed by atoms with Crippen LogP contribution in [0.3, 0.4) is 0 Å². The lowest BCUT2D eigenvalue weighted by atomic mass is 10.1. The van der Waals surface area contributed by atoms with Crippen molar-refractivity contribution in [1.29, 1.82) is 5.26 Å². The van der Waals surface area contributed by atoms with Gasteiger partial charge in [0, 0.05) is 25.2 Å². The van der Waals surface area contributed by atoms with Gasteiger partial charge >= 0.3 is 0 Å². The molecular weight excluding hydrogens is 293 g/mol. The van der Waals surface area contributed by atoms with E-state index in [0.29, 0.717) is 37.1 Å². The molecule has 2 aromatic carbocycles. The highest BCUT2D eigenvalue weighted by Gasteiger charge is 2.03. The van der Waals surface area contributed by atoms with Crippen LogP contribution >= 0.6 is 0 Å². The lowest BCUT2D eigenvalue weighted by molar-refractivity contribution is -0.120. The molecule has 5 heteroatoms. The number of hydrogen-bond acceptors (Lipinski definition) is 3. The number of carbonyl (C=O) groups excluding carboxylic acids is 1. The summed E-state index contributed by atoms with van der Waals surface area (Å²) in [5.41, 5.74) is 2.06. The number of nitrogens with one attached hydrogen (secondary N) is 2. The molecule has 0 aliphatic carbocycles. The third-order valence-corrected chi connectivity index (χ3v) is 3.37. The third-order valence-electron chi connectivity index (χ3n) is 3.37. The van der Waals surface area contributed by atoms with Crippen molar-refractivity contribution in [2.45, 2.75) is 12.8 Å². The molecular formula is C18H18FN3O. The first-order valence-electron chi connectivity index (χ1n) is 7.43. The fourth-order valence-corrected chi connectivity index (χ4v) is 2.11. The van der Waals surface area contributed by atoms with Gasteiger partial charge in [0.05, 0.1) is 11.6 Å². The fraction of sp³-hybridized carbons (Fsp3) is 0.222. The van der Waals surface area contributed by atoms with Gasteiger partial charge in [-0.05, 0) is 42.3 Å².